The molecule has 3 aliphatic heterocycles. The smallest absolute Gasteiger partial charge is 0.387 e. The summed E-state index contributed by atoms with van der Waals surface area (Å²) in [6, 6.07) is 16.4. The first-order valence-corrected chi connectivity index (χ1v) is 18.3. The van der Waals surface area contributed by atoms with Crippen LogP contribution in [0.2, 0.25) is 10.0 Å². The largest absolute Gasteiger partial charge is 0.481 e. The standard InChI is InChI=1S/C39H40Cl2F2N6O4/c1-23(50)49-14-11-27(12-15-49)45-18-25-7-6-24(16-32(25)53-38(42)43)36-35(41)29(10-13-44-36)28-4-3-5-30(34(28)40)31-9-8-26(37(47-31)52-2)19-48-21-39(22-48)17-33(51)46-20-39/h3-10,13,16,27,38,45H,11-12,14-15,17-22H2,1-2H3,(H,46,51). The van der Waals surface area contributed by atoms with E-state index in [4.69, 9.17) is 37.7 Å². The summed E-state index contributed by atoms with van der Waals surface area (Å²) in [4.78, 5) is 36.8. The third-order valence-corrected chi connectivity index (χ3v) is 11.2. The van der Waals surface area contributed by atoms with Gasteiger partial charge in [-0.2, -0.15) is 8.78 Å². The lowest BCUT2D eigenvalue weighted by molar-refractivity contribution is -0.130. The van der Waals surface area contributed by atoms with E-state index in [9.17, 15) is 18.4 Å². The molecule has 53 heavy (non-hydrogen) atoms. The van der Waals surface area contributed by atoms with E-state index in [1.807, 2.05) is 35.2 Å². The molecule has 7 rings (SSSR count). The topological polar surface area (TPSA) is 109 Å². The second-order valence-corrected chi connectivity index (χ2v) is 14.8. The Balaban J connectivity index is 1.10. The van der Waals surface area contributed by atoms with E-state index in [1.165, 1.54) is 6.07 Å². The minimum absolute atomic E-state index is 0.0252. The van der Waals surface area contributed by atoms with Crippen LogP contribution in [0.4, 0.5) is 8.78 Å². The fraction of sp³-hybridized carbons (Fsp3) is 0.385. The second kappa shape index (κ2) is 15.5. The molecule has 0 saturated carbocycles. The van der Waals surface area contributed by atoms with Crippen molar-refractivity contribution in [1.29, 1.82) is 0 Å². The third kappa shape index (κ3) is 7.96. The van der Waals surface area contributed by atoms with Crippen molar-refractivity contribution in [2.45, 2.75) is 51.9 Å². The van der Waals surface area contributed by atoms with Crippen molar-refractivity contribution in [3.8, 4) is 45.3 Å². The van der Waals surface area contributed by atoms with E-state index >= 15 is 0 Å². The second-order valence-electron chi connectivity index (χ2n) is 14.0. The normalized spacial score (nSPS) is 17.3. The predicted molar refractivity (Wildman–Crippen MR) is 199 cm³/mol. The van der Waals surface area contributed by atoms with Gasteiger partial charge in [-0.3, -0.25) is 19.5 Å². The Hall–Kier alpha value is -4.36. The maximum Gasteiger partial charge on any atom is 0.387 e. The lowest BCUT2D eigenvalue weighted by atomic mass is 9.79. The third-order valence-electron chi connectivity index (χ3n) is 10.4. The molecular formula is C39H40Cl2F2N6O4. The Labute approximate surface area is 316 Å². The monoisotopic (exact) mass is 764 g/mol. The van der Waals surface area contributed by atoms with Crippen LogP contribution in [-0.2, 0) is 22.7 Å². The Bertz CT molecular complexity index is 2020. The molecule has 0 radical (unpaired) electrons. The summed E-state index contributed by atoms with van der Waals surface area (Å²) in [6.45, 7) is 3.20. The van der Waals surface area contributed by atoms with Gasteiger partial charge in [0.15, 0.2) is 0 Å². The molecule has 0 unspecified atom stereocenters. The quantitative estimate of drug-likeness (QED) is 0.172. The number of aromatic nitrogens is 2. The van der Waals surface area contributed by atoms with E-state index in [2.05, 4.69) is 20.5 Å². The van der Waals surface area contributed by atoms with Crippen LogP contribution in [0.3, 0.4) is 0 Å². The summed E-state index contributed by atoms with van der Waals surface area (Å²) < 4.78 is 37.8. The summed E-state index contributed by atoms with van der Waals surface area (Å²) >= 11 is 14.1. The molecule has 10 nitrogen and oxygen atoms in total. The first-order chi connectivity index (χ1) is 25.5. The van der Waals surface area contributed by atoms with Gasteiger partial charge in [-0.05, 0) is 31.0 Å². The van der Waals surface area contributed by atoms with Crippen LogP contribution in [-0.4, -0.2) is 84.1 Å². The number of methoxy groups -OCH3 is 1. The lowest BCUT2D eigenvalue weighted by Gasteiger charge is -2.47. The van der Waals surface area contributed by atoms with Crippen molar-refractivity contribution >= 4 is 35.0 Å². The zero-order valence-corrected chi connectivity index (χ0v) is 30.9. The molecule has 3 fully saturated rings. The van der Waals surface area contributed by atoms with Crippen LogP contribution >= 0.6 is 23.2 Å². The maximum absolute atomic E-state index is 13.6. The minimum atomic E-state index is -3.02. The minimum Gasteiger partial charge on any atom is -0.481 e. The first kappa shape index (κ1) is 37.0. The first-order valence-electron chi connectivity index (χ1n) is 17.6. The Morgan fingerprint density at radius 3 is 2.47 bits per heavy atom. The number of rotatable bonds is 11. The van der Waals surface area contributed by atoms with Crippen molar-refractivity contribution in [3.63, 3.8) is 0 Å². The molecule has 14 heteroatoms. The van der Waals surface area contributed by atoms with Gasteiger partial charge in [0.05, 0.1) is 28.5 Å². The van der Waals surface area contributed by atoms with Gasteiger partial charge < -0.3 is 25.0 Å². The fourth-order valence-electron chi connectivity index (χ4n) is 7.64. The molecule has 4 aromatic rings. The summed E-state index contributed by atoms with van der Waals surface area (Å²) in [6.07, 6.45) is 3.72. The number of piperidine rings is 1. The van der Waals surface area contributed by atoms with Gasteiger partial charge in [0, 0.05) is 110 Å². The van der Waals surface area contributed by atoms with Crippen molar-refractivity contribution < 1.29 is 27.8 Å². The van der Waals surface area contributed by atoms with Gasteiger partial charge >= 0.3 is 6.61 Å². The molecule has 0 atom stereocenters. The van der Waals surface area contributed by atoms with E-state index in [0.29, 0.717) is 87.7 Å². The van der Waals surface area contributed by atoms with Gasteiger partial charge in [0.2, 0.25) is 17.7 Å². The number of nitrogens with one attached hydrogen (secondary N) is 2. The van der Waals surface area contributed by atoms with Gasteiger partial charge in [0.1, 0.15) is 5.75 Å². The van der Waals surface area contributed by atoms with Gasteiger partial charge in [0.25, 0.3) is 0 Å². The number of carbonyl (C=O) groups excluding carboxylic acids is 2. The van der Waals surface area contributed by atoms with Gasteiger partial charge in [-0.15, -0.1) is 0 Å². The molecule has 2 aromatic heterocycles. The molecule has 1 spiro atoms. The fourth-order valence-corrected chi connectivity index (χ4v) is 8.29. The molecular weight excluding hydrogens is 725 g/mol. The molecule has 0 bridgehead atoms. The zero-order chi connectivity index (χ0) is 37.3. The van der Waals surface area contributed by atoms with E-state index in [-0.39, 0.29) is 29.0 Å². The number of alkyl halides is 2. The number of hydrogen-bond acceptors (Lipinski definition) is 8. The van der Waals surface area contributed by atoms with Crippen molar-refractivity contribution in [2.75, 3.05) is 39.8 Å². The molecule has 3 saturated heterocycles. The summed E-state index contributed by atoms with van der Waals surface area (Å²) in [5.41, 5.74) is 4.97. The number of likely N-dealkylation sites (tertiary alicyclic amines) is 2. The van der Waals surface area contributed by atoms with Gasteiger partial charge in [-0.25, -0.2) is 4.98 Å². The number of amides is 2. The number of benzene rings is 2. The van der Waals surface area contributed by atoms with E-state index in [0.717, 1.165) is 38.0 Å². The van der Waals surface area contributed by atoms with Crippen molar-refractivity contribution in [3.05, 3.63) is 82.0 Å². The molecule has 2 amide bonds. The predicted octanol–water partition coefficient (Wildman–Crippen LogP) is 6.82. The highest BCUT2D eigenvalue weighted by atomic mass is 35.5. The van der Waals surface area contributed by atoms with Crippen LogP contribution in [0.1, 0.15) is 37.3 Å². The molecule has 3 aliphatic rings. The highest BCUT2D eigenvalue weighted by molar-refractivity contribution is 6.39. The Kier molecular flexibility index (Phi) is 10.8. The number of nitrogens with zero attached hydrogens (tertiary/aromatic N) is 4. The summed E-state index contributed by atoms with van der Waals surface area (Å²) in [5, 5.41) is 7.09. The average Bonchev–Trinajstić information content (AvgIpc) is 3.53. The highest BCUT2D eigenvalue weighted by Crippen LogP contribution is 2.43. The number of pyridine rings is 2. The molecule has 2 aromatic carbocycles. The number of halogens is 4. The lowest BCUT2D eigenvalue weighted by Crippen LogP contribution is -2.56. The van der Waals surface area contributed by atoms with E-state index in [1.54, 1.807) is 38.4 Å². The molecule has 278 valence electrons. The molecule has 5 heterocycles. The van der Waals surface area contributed by atoms with Crippen LogP contribution in [0, 0.1) is 5.41 Å². The molecule has 0 aliphatic carbocycles. The number of hydrogen-bond donors (Lipinski definition) is 2. The van der Waals surface area contributed by atoms with Crippen molar-refractivity contribution in [1.82, 2.24) is 30.4 Å². The van der Waals surface area contributed by atoms with Crippen LogP contribution < -0.4 is 20.1 Å². The van der Waals surface area contributed by atoms with Crippen LogP contribution in [0.15, 0.2) is 60.8 Å². The highest BCUT2D eigenvalue weighted by Gasteiger charge is 2.48. The summed E-state index contributed by atoms with van der Waals surface area (Å²) in [5.74, 6) is 0.685. The molecule has 2 N–H and O–H groups in total. The maximum atomic E-state index is 13.6. The average molecular weight is 766 g/mol. The zero-order valence-electron chi connectivity index (χ0n) is 29.4. The Morgan fingerprint density at radius 2 is 1.77 bits per heavy atom. The van der Waals surface area contributed by atoms with Crippen LogP contribution in [0.25, 0.3) is 33.6 Å². The van der Waals surface area contributed by atoms with Gasteiger partial charge in [-0.1, -0.05) is 59.6 Å². The van der Waals surface area contributed by atoms with Crippen LogP contribution in [0.5, 0.6) is 11.6 Å². The number of carbonyl (C=O) groups is 2. The van der Waals surface area contributed by atoms with Crippen molar-refractivity contribution in [2.24, 2.45) is 5.41 Å². The SMILES string of the molecule is COc1nc(-c2cccc(-c3ccnc(-c4ccc(CNC5CCN(C(C)=O)CC5)c(OC(F)F)c4)c3Cl)c2Cl)ccc1CN1CC2(CNC(=O)C2)C1. The Morgan fingerprint density at radius 1 is 1.04 bits per heavy atom. The number of ether oxygens (including phenoxy) is 2. The van der Waals surface area contributed by atoms with E-state index < -0.39 is 6.61 Å². The summed E-state index contributed by atoms with van der Waals surface area (Å²) in [7, 11) is 1.59.